The Kier molecular flexibility index (Phi) is 5.33. The van der Waals surface area contributed by atoms with Crippen molar-refractivity contribution >= 4 is 5.96 Å². The van der Waals surface area contributed by atoms with E-state index in [0.717, 1.165) is 30.9 Å². The van der Waals surface area contributed by atoms with E-state index in [-0.39, 0.29) is 0 Å². The van der Waals surface area contributed by atoms with E-state index in [0.29, 0.717) is 37.3 Å². The van der Waals surface area contributed by atoms with Crippen LogP contribution < -0.4 is 15.4 Å². The number of aliphatic imine (C=N–C) groups is 1. The summed E-state index contributed by atoms with van der Waals surface area (Å²) in [5, 5.41) is 6.84. The van der Waals surface area contributed by atoms with Crippen LogP contribution in [0.15, 0.2) is 23.3 Å². The molecule has 3 unspecified atom stereocenters. The topological polar surface area (TPSA) is 67.8 Å². The third-order valence-electron chi connectivity index (χ3n) is 4.31. The van der Waals surface area contributed by atoms with Crippen molar-refractivity contribution in [3.8, 4) is 5.88 Å². The zero-order chi connectivity index (χ0) is 16.1. The van der Waals surface area contributed by atoms with Crippen LogP contribution in [-0.4, -0.2) is 42.3 Å². The maximum atomic E-state index is 5.90. The van der Waals surface area contributed by atoms with Gasteiger partial charge < -0.3 is 20.1 Å². The average molecular weight is 318 g/mol. The first-order valence-electron chi connectivity index (χ1n) is 8.57. The van der Waals surface area contributed by atoms with Crippen molar-refractivity contribution < 1.29 is 9.47 Å². The van der Waals surface area contributed by atoms with Crippen LogP contribution in [0.25, 0.3) is 0 Å². The van der Waals surface area contributed by atoms with Crippen molar-refractivity contribution in [2.45, 2.75) is 57.9 Å². The minimum Gasteiger partial charge on any atom is -0.478 e. The predicted molar refractivity (Wildman–Crippen MR) is 89.7 cm³/mol. The summed E-state index contributed by atoms with van der Waals surface area (Å²) in [6, 6.07) is 4.29. The molecule has 2 fully saturated rings. The molecule has 3 heterocycles. The molecular formula is C17H26N4O2. The highest BCUT2D eigenvalue weighted by molar-refractivity contribution is 5.80. The number of ether oxygens (including phenoxy) is 2. The minimum atomic E-state index is 0.334. The molecule has 2 aliphatic rings. The summed E-state index contributed by atoms with van der Waals surface area (Å²) in [5.74, 6) is 1.50. The van der Waals surface area contributed by atoms with Crippen molar-refractivity contribution in [1.29, 1.82) is 0 Å². The molecule has 23 heavy (non-hydrogen) atoms. The van der Waals surface area contributed by atoms with Gasteiger partial charge in [0, 0.05) is 18.3 Å². The molecule has 0 spiro atoms. The molecule has 2 bridgehead atoms. The summed E-state index contributed by atoms with van der Waals surface area (Å²) in [6.07, 6.45) is 5.94. The molecule has 6 nitrogen and oxygen atoms in total. The molecular weight excluding hydrogens is 292 g/mol. The Hall–Kier alpha value is -1.82. The Morgan fingerprint density at radius 1 is 1.43 bits per heavy atom. The molecule has 0 amide bonds. The summed E-state index contributed by atoms with van der Waals surface area (Å²) < 4.78 is 11.5. The van der Waals surface area contributed by atoms with Crippen molar-refractivity contribution in [3.63, 3.8) is 0 Å². The lowest BCUT2D eigenvalue weighted by molar-refractivity contribution is 0.0992. The van der Waals surface area contributed by atoms with Gasteiger partial charge in [0.05, 0.1) is 31.4 Å². The first-order valence-corrected chi connectivity index (χ1v) is 8.57. The average Bonchev–Trinajstić information content (AvgIpc) is 3.17. The smallest absolute Gasteiger partial charge is 0.218 e. The van der Waals surface area contributed by atoms with E-state index in [9.17, 15) is 0 Å². The molecule has 0 radical (unpaired) electrons. The van der Waals surface area contributed by atoms with Crippen molar-refractivity contribution in [2.75, 3.05) is 13.2 Å². The highest BCUT2D eigenvalue weighted by atomic mass is 16.5. The second-order valence-corrected chi connectivity index (χ2v) is 5.96. The number of aromatic nitrogens is 1. The number of guanidine groups is 1. The van der Waals surface area contributed by atoms with Crippen LogP contribution in [0, 0.1) is 0 Å². The SMILES string of the molecule is CCNC(=NCc1cccnc1OCC)NC1CC2CCC1O2. The lowest BCUT2D eigenvalue weighted by Gasteiger charge is -2.22. The third kappa shape index (κ3) is 3.93. The number of pyridine rings is 1. The third-order valence-corrected chi connectivity index (χ3v) is 4.31. The van der Waals surface area contributed by atoms with Gasteiger partial charge in [0.1, 0.15) is 0 Å². The molecule has 126 valence electrons. The van der Waals surface area contributed by atoms with E-state index in [1.165, 1.54) is 6.42 Å². The number of rotatable bonds is 6. The maximum Gasteiger partial charge on any atom is 0.218 e. The molecule has 2 aliphatic heterocycles. The molecule has 2 N–H and O–H groups in total. The summed E-state index contributed by atoms with van der Waals surface area (Å²) in [6.45, 7) is 6.01. The Morgan fingerprint density at radius 2 is 2.35 bits per heavy atom. The van der Waals surface area contributed by atoms with Gasteiger partial charge >= 0.3 is 0 Å². The summed E-state index contributed by atoms with van der Waals surface area (Å²) >= 11 is 0. The van der Waals surface area contributed by atoms with Gasteiger partial charge in [-0.2, -0.15) is 0 Å². The van der Waals surface area contributed by atoms with Gasteiger partial charge in [-0.05, 0) is 39.2 Å². The Morgan fingerprint density at radius 3 is 3.04 bits per heavy atom. The lowest BCUT2D eigenvalue weighted by atomic mass is 9.96. The van der Waals surface area contributed by atoms with Gasteiger partial charge in [0.25, 0.3) is 0 Å². The van der Waals surface area contributed by atoms with E-state index in [4.69, 9.17) is 14.5 Å². The second-order valence-electron chi connectivity index (χ2n) is 5.96. The number of hydrogen-bond acceptors (Lipinski definition) is 4. The van der Waals surface area contributed by atoms with Crippen LogP contribution in [-0.2, 0) is 11.3 Å². The van der Waals surface area contributed by atoms with E-state index < -0.39 is 0 Å². The molecule has 0 aromatic carbocycles. The van der Waals surface area contributed by atoms with Crippen LogP contribution in [0.2, 0.25) is 0 Å². The zero-order valence-electron chi connectivity index (χ0n) is 13.9. The van der Waals surface area contributed by atoms with Gasteiger partial charge in [-0.3, -0.25) is 0 Å². The molecule has 0 saturated carbocycles. The fraction of sp³-hybridized carbons (Fsp3) is 0.647. The van der Waals surface area contributed by atoms with E-state index >= 15 is 0 Å². The van der Waals surface area contributed by atoms with Crippen LogP contribution in [0.1, 0.15) is 38.7 Å². The summed E-state index contributed by atoms with van der Waals surface area (Å²) in [4.78, 5) is 8.97. The number of hydrogen-bond donors (Lipinski definition) is 2. The highest BCUT2D eigenvalue weighted by Gasteiger charge is 2.41. The maximum absolute atomic E-state index is 5.90. The molecule has 0 aliphatic carbocycles. The normalized spacial score (nSPS) is 26.3. The van der Waals surface area contributed by atoms with Crippen molar-refractivity contribution in [3.05, 3.63) is 23.9 Å². The van der Waals surface area contributed by atoms with Crippen LogP contribution in [0.3, 0.4) is 0 Å². The quantitative estimate of drug-likeness (QED) is 0.619. The molecule has 3 rings (SSSR count). The number of nitrogens with zero attached hydrogens (tertiary/aromatic N) is 2. The highest BCUT2D eigenvalue weighted by Crippen LogP contribution is 2.34. The first kappa shape index (κ1) is 16.1. The van der Waals surface area contributed by atoms with Gasteiger partial charge in [-0.25, -0.2) is 9.98 Å². The summed E-state index contributed by atoms with van der Waals surface area (Å²) in [5.41, 5.74) is 0.996. The number of nitrogens with one attached hydrogen (secondary N) is 2. The Labute approximate surface area is 137 Å². The van der Waals surface area contributed by atoms with E-state index in [1.54, 1.807) is 6.20 Å². The molecule has 3 atom stereocenters. The minimum absolute atomic E-state index is 0.334. The second kappa shape index (κ2) is 7.64. The summed E-state index contributed by atoms with van der Waals surface area (Å²) in [7, 11) is 0. The van der Waals surface area contributed by atoms with E-state index in [2.05, 4.69) is 22.5 Å². The number of fused-ring (bicyclic) bond motifs is 2. The molecule has 1 aromatic rings. The largest absolute Gasteiger partial charge is 0.478 e. The molecule has 6 heteroatoms. The Balaban J connectivity index is 1.65. The monoisotopic (exact) mass is 318 g/mol. The van der Waals surface area contributed by atoms with Gasteiger partial charge in [-0.15, -0.1) is 0 Å². The fourth-order valence-electron chi connectivity index (χ4n) is 3.26. The Bertz CT molecular complexity index is 549. The lowest BCUT2D eigenvalue weighted by Crippen LogP contribution is -2.47. The first-order chi connectivity index (χ1) is 11.3. The molecule has 2 saturated heterocycles. The van der Waals surface area contributed by atoms with Crippen LogP contribution in [0.5, 0.6) is 5.88 Å². The van der Waals surface area contributed by atoms with Gasteiger partial charge in [0.15, 0.2) is 5.96 Å². The van der Waals surface area contributed by atoms with Crippen molar-refractivity contribution in [2.24, 2.45) is 4.99 Å². The van der Waals surface area contributed by atoms with Gasteiger partial charge in [0.2, 0.25) is 5.88 Å². The van der Waals surface area contributed by atoms with Crippen LogP contribution in [0.4, 0.5) is 0 Å². The molecule has 1 aromatic heterocycles. The predicted octanol–water partition coefficient (Wildman–Crippen LogP) is 1.86. The van der Waals surface area contributed by atoms with Gasteiger partial charge in [-0.1, -0.05) is 6.07 Å². The van der Waals surface area contributed by atoms with Crippen LogP contribution >= 0.6 is 0 Å². The fourth-order valence-corrected chi connectivity index (χ4v) is 3.26. The van der Waals surface area contributed by atoms with E-state index in [1.807, 2.05) is 19.1 Å². The zero-order valence-corrected chi connectivity index (χ0v) is 13.9. The standard InChI is InChI=1S/C17H26N4O2/c1-3-18-17(21-14-10-13-7-8-15(14)23-13)20-11-12-6-5-9-19-16(12)22-4-2/h5-6,9,13-15H,3-4,7-8,10-11H2,1-2H3,(H2,18,20,21). The van der Waals surface area contributed by atoms with Crippen molar-refractivity contribution in [1.82, 2.24) is 15.6 Å².